The highest BCUT2D eigenvalue weighted by Gasteiger charge is 2.10. The smallest absolute Gasteiger partial charge is 0.351 e. The number of nitro groups is 1. The predicted octanol–water partition coefficient (Wildman–Crippen LogP) is -1.25. The summed E-state index contributed by atoms with van der Waals surface area (Å²) in [6, 6.07) is -0.888. The molecule has 0 aliphatic carbocycles. The molecule has 0 aliphatic heterocycles. The molecule has 11 heavy (non-hydrogen) atoms. The molecule has 0 saturated heterocycles. The van der Waals surface area contributed by atoms with E-state index in [0.717, 1.165) is 0 Å². The van der Waals surface area contributed by atoms with Crippen LogP contribution in [0.5, 0.6) is 6.01 Å². The van der Waals surface area contributed by atoms with Crippen LogP contribution in [0, 0.1) is 10.1 Å². The Morgan fingerprint density at radius 2 is 2.27 bits per heavy atom. The molecule has 0 atom stereocenters. The Balaban J connectivity index is 3.32. The van der Waals surface area contributed by atoms with Gasteiger partial charge >= 0.3 is 11.2 Å². The molecule has 0 aromatic carbocycles. The van der Waals surface area contributed by atoms with E-state index in [1.165, 1.54) is 0 Å². The summed E-state index contributed by atoms with van der Waals surface area (Å²) in [5.41, 5.74) is -1.76. The van der Waals surface area contributed by atoms with Crippen molar-refractivity contribution < 1.29 is 10.0 Å². The van der Waals surface area contributed by atoms with Gasteiger partial charge in [-0.05, 0) is 0 Å². The molecular formula is C4H2N3O4-. The Bertz CT molecular complexity index is 343. The summed E-state index contributed by atoms with van der Waals surface area (Å²) in [6.45, 7) is 0. The monoisotopic (exact) mass is 156 g/mol. The highest BCUT2D eigenvalue weighted by molar-refractivity contribution is 5.21. The van der Waals surface area contributed by atoms with Crippen LogP contribution in [-0.2, 0) is 0 Å². The number of aromatic nitrogens is 2. The maximum Gasteiger partial charge on any atom is 0.351 e. The first kappa shape index (κ1) is 7.19. The first-order valence-corrected chi connectivity index (χ1v) is 2.52. The van der Waals surface area contributed by atoms with E-state index < -0.39 is 22.2 Å². The number of hydrogen-bond acceptors (Lipinski definition) is 5. The van der Waals surface area contributed by atoms with E-state index in [2.05, 4.69) is 4.98 Å². The average Bonchev–Trinajstić information content (AvgIpc) is 1.85. The van der Waals surface area contributed by atoms with Gasteiger partial charge in [-0.3, -0.25) is 14.9 Å². The summed E-state index contributed by atoms with van der Waals surface area (Å²) in [7, 11) is 0. The SMILES string of the molecule is O=c1[nH]c([O-])ncc1[N+](=O)[O-]. The van der Waals surface area contributed by atoms with Crippen LogP contribution >= 0.6 is 0 Å². The van der Waals surface area contributed by atoms with Gasteiger partial charge in [0.15, 0.2) is 0 Å². The molecule has 7 heteroatoms. The van der Waals surface area contributed by atoms with Crippen molar-refractivity contribution in [2.75, 3.05) is 0 Å². The fourth-order valence-corrected chi connectivity index (χ4v) is 0.502. The van der Waals surface area contributed by atoms with Gasteiger partial charge in [-0.15, -0.1) is 0 Å². The summed E-state index contributed by atoms with van der Waals surface area (Å²) in [5, 5.41) is 20.3. The molecule has 0 aliphatic rings. The number of nitrogens with zero attached hydrogens (tertiary/aromatic N) is 2. The molecule has 0 unspecified atom stereocenters. The van der Waals surface area contributed by atoms with Crippen molar-refractivity contribution in [1.29, 1.82) is 0 Å². The molecule has 0 radical (unpaired) electrons. The van der Waals surface area contributed by atoms with Crippen LogP contribution in [0.4, 0.5) is 5.69 Å². The number of aromatic amines is 1. The van der Waals surface area contributed by atoms with Crippen molar-refractivity contribution in [3.63, 3.8) is 0 Å². The molecule has 1 aromatic rings. The zero-order valence-electron chi connectivity index (χ0n) is 5.10. The Kier molecular flexibility index (Phi) is 1.55. The van der Waals surface area contributed by atoms with Gasteiger partial charge in [-0.1, -0.05) is 0 Å². The average molecular weight is 156 g/mol. The Morgan fingerprint density at radius 3 is 2.73 bits per heavy atom. The molecule has 58 valence electrons. The third-order valence-electron chi connectivity index (χ3n) is 0.954. The standard InChI is InChI=1S/C4H3N3O4/c8-3-2(7(10)11)1-5-4(9)6-3/h1H,(H2,5,6,8,9)/p-1. The number of nitrogens with one attached hydrogen (secondary N) is 1. The first-order valence-electron chi connectivity index (χ1n) is 2.52. The molecule has 0 fully saturated rings. The predicted molar refractivity (Wildman–Crippen MR) is 31.0 cm³/mol. The van der Waals surface area contributed by atoms with Crippen LogP contribution < -0.4 is 10.7 Å². The zero-order valence-corrected chi connectivity index (χ0v) is 5.10. The molecule has 1 aromatic heterocycles. The maximum atomic E-state index is 10.5. The molecule has 0 amide bonds. The van der Waals surface area contributed by atoms with E-state index in [1.807, 2.05) is 0 Å². The van der Waals surface area contributed by atoms with Gasteiger partial charge in [0.05, 0.1) is 10.9 Å². The summed E-state index contributed by atoms with van der Waals surface area (Å²) in [4.78, 5) is 24.3. The molecule has 0 bridgehead atoms. The summed E-state index contributed by atoms with van der Waals surface area (Å²) in [5.74, 6) is 0. The first-order chi connectivity index (χ1) is 5.11. The Labute approximate surface area is 59.5 Å². The van der Waals surface area contributed by atoms with Crippen LogP contribution in [0.2, 0.25) is 0 Å². The van der Waals surface area contributed by atoms with E-state index in [0.29, 0.717) is 6.20 Å². The minimum Gasteiger partial charge on any atom is -0.846 e. The van der Waals surface area contributed by atoms with Crippen LogP contribution in [0.25, 0.3) is 0 Å². The maximum absolute atomic E-state index is 10.5. The lowest BCUT2D eigenvalue weighted by molar-refractivity contribution is -0.387. The lowest BCUT2D eigenvalue weighted by atomic mass is 10.5. The van der Waals surface area contributed by atoms with E-state index in [1.54, 1.807) is 4.98 Å². The van der Waals surface area contributed by atoms with E-state index in [-0.39, 0.29) is 0 Å². The van der Waals surface area contributed by atoms with Gasteiger partial charge in [-0.25, -0.2) is 4.98 Å². The number of rotatable bonds is 1. The van der Waals surface area contributed by atoms with Crippen LogP contribution in [0.3, 0.4) is 0 Å². The van der Waals surface area contributed by atoms with Gasteiger partial charge in [0.25, 0.3) is 0 Å². The molecule has 1 heterocycles. The second-order valence-corrected chi connectivity index (χ2v) is 1.66. The third-order valence-corrected chi connectivity index (χ3v) is 0.954. The van der Waals surface area contributed by atoms with Crippen LogP contribution in [-0.4, -0.2) is 14.9 Å². The molecule has 0 spiro atoms. The van der Waals surface area contributed by atoms with Gasteiger partial charge in [0.1, 0.15) is 6.20 Å². The minimum atomic E-state index is -1.03. The fourth-order valence-electron chi connectivity index (χ4n) is 0.502. The van der Waals surface area contributed by atoms with Crippen LogP contribution in [0.15, 0.2) is 11.0 Å². The number of hydrogen-bond donors (Lipinski definition) is 1. The molecule has 1 rings (SSSR count). The molecular weight excluding hydrogens is 154 g/mol. The highest BCUT2D eigenvalue weighted by Crippen LogP contribution is 1.99. The van der Waals surface area contributed by atoms with Crippen LogP contribution in [0.1, 0.15) is 0 Å². The lowest BCUT2D eigenvalue weighted by Crippen LogP contribution is -2.14. The normalized spacial score (nSPS) is 9.45. The molecule has 7 nitrogen and oxygen atoms in total. The van der Waals surface area contributed by atoms with Gasteiger partial charge in [-0.2, -0.15) is 0 Å². The minimum absolute atomic E-state index is 0.626. The largest absolute Gasteiger partial charge is 0.846 e. The highest BCUT2D eigenvalue weighted by atomic mass is 16.6. The summed E-state index contributed by atoms with van der Waals surface area (Å²) in [6.07, 6.45) is 0.626. The zero-order chi connectivity index (χ0) is 8.43. The van der Waals surface area contributed by atoms with Gasteiger partial charge < -0.3 is 10.1 Å². The molecule has 0 saturated carbocycles. The van der Waals surface area contributed by atoms with Crippen molar-refractivity contribution in [2.45, 2.75) is 0 Å². The number of H-pyrrole nitrogens is 1. The lowest BCUT2D eigenvalue weighted by Gasteiger charge is -1.99. The second kappa shape index (κ2) is 2.37. The van der Waals surface area contributed by atoms with Gasteiger partial charge in [0.2, 0.25) is 0 Å². The second-order valence-electron chi connectivity index (χ2n) is 1.66. The topological polar surface area (TPSA) is 112 Å². The summed E-state index contributed by atoms with van der Waals surface area (Å²) < 4.78 is 0. The van der Waals surface area contributed by atoms with Crippen molar-refractivity contribution in [3.05, 3.63) is 26.7 Å². The van der Waals surface area contributed by atoms with Crippen molar-refractivity contribution in [1.82, 2.24) is 9.97 Å². The van der Waals surface area contributed by atoms with E-state index in [4.69, 9.17) is 0 Å². The Hall–Kier alpha value is -1.92. The Morgan fingerprint density at radius 1 is 1.64 bits per heavy atom. The van der Waals surface area contributed by atoms with E-state index >= 15 is 0 Å². The third kappa shape index (κ3) is 1.31. The van der Waals surface area contributed by atoms with Crippen molar-refractivity contribution in [2.24, 2.45) is 0 Å². The van der Waals surface area contributed by atoms with Crippen molar-refractivity contribution >= 4 is 5.69 Å². The summed E-state index contributed by atoms with van der Waals surface area (Å²) >= 11 is 0. The van der Waals surface area contributed by atoms with E-state index in [9.17, 15) is 20.0 Å². The molecule has 1 N–H and O–H groups in total. The van der Waals surface area contributed by atoms with Gasteiger partial charge in [0, 0.05) is 0 Å². The fraction of sp³-hybridized carbons (Fsp3) is 0. The van der Waals surface area contributed by atoms with Crippen molar-refractivity contribution in [3.8, 4) is 6.01 Å². The quantitative estimate of drug-likeness (QED) is 0.403.